The fourth-order valence-corrected chi connectivity index (χ4v) is 3.26. The third kappa shape index (κ3) is 13.5. The van der Waals surface area contributed by atoms with Crippen LogP contribution in [0.1, 0.15) is 20.8 Å². The lowest BCUT2D eigenvalue weighted by atomic mass is 9.96. The van der Waals surface area contributed by atoms with Crippen molar-refractivity contribution >= 4 is 5.91 Å². The van der Waals surface area contributed by atoms with Crippen LogP contribution >= 0.6 is 0 Å². The first-order valence-electron chi connectivity index (χ1n) is 12.3. The predicted octanol–water partition coefficient (Wildman–Crippen LogP) is 2.67. The summed E-state index contributed by atoms with van der Waals surface area (Å²) in [5, 5.41) is 34.2. The Balaban J connectivity index is 0.00000631. The zero-order valence-corrected chi connectivity index (χ0v) is 22.9. The first-order valence-corrected chi connectivity index (χ1v) is 12.3. The number of likely N-dealkylation sites (N-methyl/N-ethyl adjacent to an activating group) is 1. The van der Waals surface area contributed by atoms with Crippen molar-refractivity contribution in [2.45, 2.75) is 57.0 Å². The number of rotatable bonds is 13. The van der Waals surface area contributed by atoms with Gasteiger partial charge in [0, 0.05) is 12.6 Å². The SMILES string of the molecule is C=C.C=C/C=C\C(OC1OCC(O)C(O)C1N(C)C)C(C)(O)/C=C/C=C\C=C/C=C/C(=O)NCC(C)C. The maximum absolute atomic E-state index is 11.6. The van der Waals surface area contributed by atoms with E-state index in [1.165, 1.54) is 6.08 Å². The van der Waals surface area contributed by atoms with E-state index < -0.39 is 36.2 Å². The molecule has 1 saturated heterocycles. The van der Waals surface area contributed by atoms with Gasteiger partial charge in [-0.25, -0.2) is 0 Å². The first kappa shape index (κ1) is 34.4. The maximum Gasteiger partial charge on any atom is 0.243 e. The van der Waals surface area contributed by atoms with E-state index in [-0.39, 0.29) is 12.5 Å². The highest BCUT2D eigenvalue weighted by molar-refractivity contribution is 5.87. The van der Waals surface area contributed by atoms with Gasteiger partial charge in [0.2, 0.25) is 5.91 Å². The maximum atomic E-state index is 11.6. The van der Waals surface area contributed by atoms with Crippen molar-refractivity contribution in [3.05, 3.63) is 86.6 Å². The van der Waals surface area contributed by atoms with Crippen LogP contribution in [0.2, 0.25) is 0 Å². The third-order valence-corrected chi connectivity index (χ3v) is 5.25. The van der Waals surface area contributed by atoms with Gasteiger partial charge in [-0.1, -0.05) is 81.2 Å². The molecule has 208 valence electrons. The van der Waals surface area contributed by atoms with Gasteiger partial charge in [0.1, 0.15) is 23.9 Å². The largest absolute Gasteiger partial charge is 0.388 e. The van der Waals surface area contributed by atoms with E-state index in [0.29, 0.717) is 12.5 Å². The Morgan fingerprint density at radius 3 is 2.30 bits per heavy atom. The van der Waals surface area contributed by atoms with Gasteiger partial charge in [0.15, 0.2) is 6.29 Å². The second kappa shape index (κ2) is 18.6. The van der Waals surface area contributed by atoms with Crippen molar-refractivity contribution in [2.24, 2.45) is 5.92 Å². The second-order valence-electron chi connectivity index (χ2n) is 9.24. The van der Waals surface area contributed by atoms with Gasteiger partial charge in [-0.3, -0.25) is 9.69 Å². The molecule has 8 nitrogen and oxygen atoms in total. The summed E-state index contributed by atoms with van der Waals surface area (Å²) in [4.78, 5) is 13.3. The quantitative estimate of drug-likeness (QED) is 0.169. The Bertz CT molecular complexity index is 813. The van der Waals surface area contributed by atoms with Crippen LogP contribution in [0.5, 0.6) is 0 Å². The topological polar surface area (TPSA) is 111 Å². The highest BCUT2D eigenvalue weighted by atomic mass is 16.7. The van der Waals surface area contributed by atoms with Crippen molar-refractivity contribution in [3.63, 3.8) is 0 Å². The van der Waals surface area contributed by atoms with Crippen LogP contribution in [-0.2, 0) is 14.3 Å². The molecule has 6 atom stereocenters. The Kier molecular flexibility index (Phi) is 17.3. The minimum atomic E-state index is -1.41. The molecule has 1 heterocycles. The monoisotopic (exact) mass is 518 g/mol. The molecule has 37 heavy (non-hydrogen) atoms. The van der Waals surface area contributed by atoms with Crippen LogP contribution in [0.25, 0.3) is 0 Å². The minimum Gasteiger partial charge on any atom is -0.388 e. The standard InChI is InChI=1S/C27H42N2O6.C2H4/c1-7-8-15-22(35-26-24(29(5)6)25(32)21(30)19-34-26)27(4,33)17-14-12-10-9-11-13-16-23(31)28-18-20(2)3;1-2/h7-17,20-22,24-26,30,32-33H,1,18-19H2,2-6H3,(H,28,31);1-2H2/b11-9-,12-10-,15-8-,16-13+,17-14+;. The molecule has 0 radical (unpaired) electrons. The second-order valence-corrected chi connectivity index (χ2v) is 9.24. The number of nitrogens with one attached hydrogen (secondary N) is 1. The van der Waals surface area contributed by atoms with E-state index in [4.69, 9.17) is 9.47 Å². The Morgan fingerprint density at radius 1 is 1.14 bits per heavy atom. The fraction of sp³-hybridized carbons (Fsp3) is 0.483. The molecule has 1 fully saturated rings. The number of hydrogen-bond donors (Lipinski definition) is 4. The summed E-state index contributed by atoms with van der Waals surface area (Å²) in [6.45, 7) is 15.9. The molecule has 1 amide bonds. The van der Waals surface area contributed by atoms with E-state index in [0.717, 1.165) is 0 Å². The number of carbonyl (C=O) groups excluding carboxylic acids is 1. The van der Waals surface area contributed by atoms with Gasteiger partial charge < -0.3 is 30.1 Å². The molecule has 0 bridgehead atoms. The average Bonchev–Trinajstić information content (AvgIpc) is 2.85. The van der Waals surface area contributed by atoms with Crippen LogP contribution in [0, 0.1) is 5.92 Å². The van der Waals surface area contributed by atoms with E-state index in [9.17, 15) is 20.1 Å². The van der Waals surface area contributed by atoms with E-state index in [2.05, 4.69) is 25.1 Å². The van der Waals surface area contributed by atoms with Crippen molar-refractivity contribution in [3.8, 4) is 0 Å². The summed E-state index contributed by atoms with van der Waals surface area (Å²) in [5.74, 6) is 0.263. The Morgan fingerprint density at radius 2 is 1.73 bits per heavy atom. The molecule has 0 saturated carbocycles. The van der Waals surface area contributed by atoms with Gasteiger partial charge >= 0.3 is 0 Å². The number of hydrogen-bond acceptors (Lipinski definition) is 7. The Hall–Kier alpha value is -2.59. The lowest BCUT2D eigenvalue weighted by Gasteiger charge is -2.43. The van der Waals surface area contributed by atoms with Crippen LogP contribution < -0.4 is 5.32 Å². The fourth-order valence-electron chi connectivity index (χ4n) is 3.26. The average molecular weight is 519 g/mol. The summed E-state index contributed by atoms with van der Waals surface area (Å²) in [6.07, 6.45) is 14.5. The zero-order chi connectivity index (χ0) is 28.4. The number of aliphatic hydroxyl groups excluding tert-OH is 2. The van der Waals surface area contributed by atoms with Crippen LogP contribution in [0.4, 0.5) is 0 Å². The number of aliphatic hydroxyl groups is 3. The molecule has 0 aliphatic carbocycles. The number of nitrogens with zero attached hydrogens (tertiary/aromatic N) is 1. The molecule has 0 spiro atoms. The molecule has 1 aliphatic rings. The predicted molar refractivity (Wildman–Crippen MR) is 150 cm³/mol. The van der Waals surface area contributed by atoms with Crippen LogP contribution in [0.15, 0.2) is 86.6 Å². The molecule has 8 heteroatoms. The van der Waals surface area contributed by atoms with Crippen molar-refractivity contribution in [1.29, 1.82) is 0 Å². The molecule has 0 aromatic rings. The van der Waals surface area contributed by atoms with Crippen LogP contribution in [-0.4, -0.2) is 89.6 Å². The lowest BCUT2D eigenvalue weighted by Crippen LogP contribution is -2.60. The van der Waals surface area contributed by atoms with Crippen LogP contribution in [0.3, 0.4) is 0 Å². The zero-order valence-electron chi connectivity index (χ0n) is 22.9. The molecule has 1 aliphatic heterocycles. The van der Waals surface area contributed by atoms with Crippen molar-refractivity contribution in [2.75, 3.05) is 27.2 Å². The summed E-state index contributed by atoms with van der Waals surface area (Å²) >= 11 is 0. The van der Waals surface area contributed by atoms with E-state index >= 15 is 0 Å². The number of allylic oxidation sites excluding steroid dienone is 8. The summed E-state index contributed by atoms with van der Waals surface area (Å²) in [7, 11) is 3.51. The van der Waals surface area contributed by atoms with Gasteiger partial charge in [-0.2, -0.15) is 0 Å². The number of amides is 1. The molecule has 0 aromatic heterocycles. The molecule has 1 rings (SSSR count). The summed E-state index contributed by atoms with van der Waals surface area (Å²) in [5.41, 5.74) is -1.41. The normalized spacial score (nSPS) is 25.2. The smallest absolute Gasteiger partial charge is 0.243 e. The van der Waals surface area contributed by atoms with E-state index in [1.807, 2.05) is 13.8 Å². The number of ether oxygens (including phenoxy) is 2. The van der Waals surface area contributed by atoms with E-state index in [1.54, 1.807) is 86.7 Å². The van der Waals surface area contributed by atoms with Gasteiger partial charge in [-0.15, -0.1) is 13.2 Å². The summed E-state index contributed by atoms with van der Waals surface area (Å²) in [6, 6.07) is -0.622. The van der Waals surface area contributed by atoms with Crippen molar-refractivity contribution < 1.29 is 29.6 Å². The minimum absolute atomic E-state index is 0.0745. The molecular formula is C29H46N2O6. The highest BCUT2D eigenvalue weighted by Crippen LogP contribution is 2.26. The molecule has 4 N–H and O–H groups in total. The highest BCUT2D eigenvalue weighted by Gasteiger charge is 2.43. The third-order valence-electron chi connectivity index (χ3n) is 5.25. The number of carbonyl (C=O) groups is 1. The molecular weight excluding hydrogens is 472 g/mol. The van der Waals surface area contributed by atoms with Crippen molar-refractivity contribution in [1.82, 2.24) is 10.2 Å². The Labute approximate surface area is 222 Å². The van der Waals surface area contributed by atoms with Gasteiger partial charge in [0.25, 0.3) is 0 Å². The molecule has 0 aromatic carbocycles. The summed E-state index contributed by atoms with van der Waals surface area (Å²) < 4.78 is 11.7. The lowest BCUT2D eigenvalue weighted by molar-refractivity contribution is -0.270. The van der Waals surface area contributed by atoms with Gasteiger partial charge in [0.05, 0.1) is 12.6 Å². The first-order chi connectivity index (χ1) is 17.5. The molecule has 6 unspecified atom stereocenters. The van der Waals surface area contributed by atoms with Gasteiger partial charge in [-0.05, 0) is 26.9 Å².